The van der Waals surface area contributed by atoms with Crippen LogP contribution in [-0.4, -0.2) is 19.5 Å². The Hall–Kier alpha value is -3.48. The van der Waals surface area contributed by atoms with E-state index in [0.29, 0.717) is 22.3 Å². The van der Waals surface area contributed by atoms with E-state index < -0.39 is 6.04 Å². The fourth-order valence-corrected chi connectivity index (χ4v) is 2.94. The number of halogens is 1. The van der Waals surface area contributed by atoms with Gasteiger partial charge in [-0.1, -0.05) is 30.3 Å². The van der Waals surface area contributed by atoms with Crippen LogP contribution in [0.4, 0.5) is 10.3 Å². The molecule has 2 N–H and O–H groups in total. The van der Waals surface area contributed by atoms with Crippen molar-refractivity contribution in [2.45, 2.75) is 6.04 Å². The van der Waals surface area contributed by atoms with Gasteiger partial charge in [0, 0.05) is 25.0 Å². The number of para-hydroxylation sites is 1. The van der Waals surface area contributed by atoms with Gasteiger partial charge in [0.2, 0.25) is 5.95 Å². The summed E-state index contributed by atoms with van der Waals surface area (Å²) in [7, 11) is 1.83. The molecule has 130 valence electrons. The molecule has 0 aliphatic rings. The number of imidazole rings is 1. The highest BCUT2D eigenvalue weighted by molar-refractivity contribution is 5.78. The summed E-state index contributed by atoms with van der Waals surface area (Å²) in [6, 6.07) is 12.9. The third-order valence-corrected chi connectivity index (χ3v) is 4.23. The van der Waals surface area contributed by atoms with E-state index >= 15 is 0 Å². The lowest BCUT2D eigenvalue weighted by Gasteiger charge is -2.20. The number of hydrogen-bond acceptors (Lipinski definition) is 4. The molecule has 0 amide bonds. The Labute approximate surface area is 148 Å². The Bertz CT molecular complexity index is 1130. The second-order valence-electron chi connectivity index (χ2n) is 5.93. The maximum atomic E-state index is 14.4. The van der Waals surface area contributed by atoms with Crippen LogP contribution in [0.15, 0.2) is 65.7 Å². The number of aromatic amines is 1. The average Bonchev–Trinajstić information content (AvgIpc) is 3.06. The lowest BCUT2D eigenvalue weighted by molar-refractivity contribution is 0.595. The molecule has 4 aromatic rings. The summed E-state index contributed by atoms with van der Waals surface area (Å²) >= 11 is 0. The van der Waals surface area contributed by atoms with Crippen molar-refractivity contribution in [2.75, 3.05) is 5.32 Å². The number of aryl methyl sites for hydroxylation is 1. The van der Waals surface area contributed by atoms with Crippen LogP contribution in [0.5, 0.6) is 0 Å². The van der Waals surface area contributed by atoms with Crippen molar-refractivity contribution in [3.05, 3.63) is 88.5 Å². The van der Waals surface area contributed by atoms with Crippen LogP contribution in [0, 0.1) is 5.82 Å². The highest BCUT2D eigenvalue weighted by atomic mass is 19.1. The molecule has 0 saturated heterocycles. The van der Waals surface area contributed by atoms with Crippen molar-refractivity contribution < 1.29 is 4.39 Å². The first-order valence-electron chi connectivity index (χ1n) is 8.11. The van der Waals surface area contributed by atoms with E-state index in [4.69, 9.17) is 0 Å². The molecule has 2 heterocycles. The molecule has 26 heavy (non-hydrogen) atoms. The van der Waals surface area contributed by atoms with Gasteiger partial charge in [-0.2, -0.15) is 0 Å². The predicted octanol–water partition coefficient (Wildman–Crippen LogP) is 3.00. The van der Waals surface area contributed by atoms with Crippen LogP contribution in [0.25, 0.3) is 10.9 Å². The number of H-pyrrole nitrogens is 1. The summed E-state index contributed by atoms with van der Waals surface area (Å²) in [5.41, 5.74) is 0.716. The smallest absolute Gasteiger partial charge is 0.260 e. The van der Waals surface area contributed by atoms with Crippen LogP contribution < -0.4 is 10.9 Å². The standard InChI is InChI=1S/C19H16FN5O/c1-25-11-10-21-17(25)16(12-6-2-4-8-14(12)20)23-19-22-15-9-5-3-7-13(15)18(26)24-19/h2-11,16H,1H3,(H2,22,23,24,26). The first-order valence-corrected chi connectivity index (χ1v) is 8.11. The summed E-state index contributed by atoms with van der Waals surface area (Å²) in [6.45, 7) is 0. The van der Waals surface area contributed by atoms with Crippen LogP contribution in [0.2, 0.25) is 0 Å². The third-order valence-electron chi connectivity index (χ3n) is 4.23. The molecule has 0 aliphatic heterocycles. The minimum atomic E-state index is -0.611. The first-order chi connectivity index (χ1) is 12.6. The zero-order valence-corrected chi connectivity index (χ0v) is 14.0. The monoisotopic (exact) mass is 349 g/mol. The van der Waals surface area contributed by atoms with Crippen LogP contribution in [-0.2, 0) is 7.05 Å². The molecular weight excluding hydrogens is 333 g/mol. The van der Waals surface area contributed by atoms with Crippen molar-refractivity contribution >= 4 is 16.9 Å². The third kappa shape index (κ3) is 2.83. The Morgan fingerprint density at radius 1 is 1.15 bits per heavy atom. The van der Waals surface area contributed by atoms with Gasteiger partial charge in [0.1, 0.15) is 17.7 Å². The van der Waals surface area contributed by atoms with E-state index in [1.807, 2.05) is 13.1 Å². The molecular formula is C19H16FN5O. The molecule has 0 saturated carbocycles. The van der Waals surface area contributed by atoms with Gasteiger partial charge in [-0.25, -0.2) is 14.4 Å². The molecule has 2 aromatic carbocycles. The molecule has 1 unspecified atom stereocenters. The Morgan fingerprint density at radius 3 is 2.69 bits per heavy atom. The second-order valence-corrected chi connectivity index (χ2v) is 5.93. The lowest BCUT2D eigenvalue weighted by atomic mass is 10.1. The zero-order valence-electron chi connectivity index (χ0n) is 14.0. The largest absolute Gasteiger partial charge is 0.342 e. The van der Waals surface area contributed by atoms with Gasteiger partial charge in [0.25, 0.3) is 5.56 Å². The van der Waals surface area contributed by atoms with Crippen molar-refractivity contribution in [3.8, 4) is 0 Å². The van der Waals surface area contributed by atoms with Gasteiger partial charge in [-0.05, 0) is 18.2 Å². The zero-order chi connectivity index (χ0) is 18.1. The molecule has 0 aliphatic carbocycles. The topological polar surface area (TPSA) is 75.6 Å². The quantitative estimate of drug-likeness (QED) is 0.594. The summed E-state index contributed by atoms with van der Waals surface area (Å²) in [5.74, 6) is 0.493. The van der Waals surface area contributed by atoms with Gasteiger partial charge < -0.3 is 9.88 Å². The van der Waals surface area contributed by atoms with Gasteiger partial charge >= 0.3 is 0 Å². The van der Waals surface area contributed by atoms with E-state index in [9.17, 15) is 9.18 Å². The van der Waals surface area contributed by atoms with Crippen LogP contribution in [0.1, 0.15) is 17.4 Å². The molecule has 1 atom stereocenters. The molecule has 6 nitrogen and oxygen atoms in total. The fourth-order valence-electron chi connectivity index (χ4n) is 2.94. The fraction of sp³-hybridized carbons (Fsp3) is 0.105. The van der Waals surface area contributed by atoms with Crippen LogP contribution in [0.3, 0.4) is 0 Å². The number of nitrogens with one attached hydrogen (secondary N) is 2. The molecule has 0 radical (unpaired) electrons. The Balaban J connectivity index is 1.82. The van der Waals surface area contributed by atoms with Gasteiger partial charge in [-0.15, -0.1) is 0 Å². The average molecular weight is 349 g/mol. The normalized spacial score (nSPS) is 12.2. The number of aromatic nitrogens is 4. The van der Waals surface area contributed by atoms with Gasteiger partial charge in [0.15, 0.2) is 0 Å². The highest BCUT2D eigenvalue weighted by Crippen LogP contribution is 2.26. The molecule has 0 fully saturated rings. The Kier molecular flexibility index (Phi) is 3.96. The number of hydrogen-bond donors (Lipinski definition) is 2. The lowest BCUT2D eigenvalue weighted by Crippen LogP contribution is -2.21. The van der Waals surface area contributed by atoms with E-state index in [0.717, 1.165) is 0 Å². The Morgan fingerprint density at radius 2 is 1.92 bits per heavy atom. The highest BCUT2D eigenvalue weighted by Gasteiger charge is 2.22. The van der Waals surface area contributed by atoms with E-state index in [2.05, 4.69) is 20.3 Å². The minimum Gasteiger partial charge on any atom is -0.342 e. The predicted molar refractivity (Wildman–Crippen MR) is 97.4 cm³/mol. The second kappa shape index (κ2) is 6.44. The summed E-state index contributed by atoms with van der Waals surface area (Å²) < 4.78 is 16.2. The van der Waals surface area contributed by atoms with Gasteiger partial charge in [0.05, 0.1) is 10.9 Å². The molecule has 4 rings (SSSR count). The maximum Gasteiger partial charge on any atom is 0.260 e. The summed E-state index contributed by atoms with van der Waals surface area (Å²) in [4.78, 5) is 23.8. The molecule has 0 spiro atoms. The SMILES string of the molecule is Cn1ccnc1C(Nc1nc2ccccc2c(=O)[nH]1)c1ccccc1F. The minimum absolute atomic E-state index is 0.255. The van der Waals surface area contributed by atoms with Crippen molar-refractivity contribution in [3.63, 3.8) is 0 Å². The van der Waals surface area contributed by atoms with E-state index in [1.165, 1.54) is 6.07 Å². The molecule has 2 aromatic heterocycles. The van der Waals surface area contributed by atoms with E-state index in [-0.39, 0.29) is 17.3 Å². The van der Waals surface area contributed by atoms with E-state index in [1.54, 1.807) is 53.4 Å². The van der Waals surface area contributed by atoms with Crippen LogP contribution >= 0.6 is 0 Å². The summed E-state index contributed by atoms with van der Waals surface area (Å²) in [5, 5.41) is 3.62. The summed E-state index contributed by atoms with van der Waals surface area (Å²) in [6.07, 6.45) is 3.42. The molecule has 7 heteroatoms. The number of anilines is 1. The number of benzene rings is 2. The van der Waals surface area contributed by atoms with Gasteiger partial charge in [-0.3, -0.25) is 9.78 Å². The molecule has 0 bridgehead atoms. The van der Waals surface area contributed by atoms with Crippen molar-refractivity contribution in [1.82, 2.24) is 19.5 Å². The first kappa shape index (κ1) is 16.0. The van der Waals surface area contributed by atoms with Crippen molar-refractivity contribution in [2.24, 2.45) is 7.05 Å². The van der Waals surface area contributed by atoms with Crippen molar-refractivity contribution in [1.29, 1.82) is 0 Å². The number of nitrogens with zero attached hydrogens (tertiary/aromatic N) is 3. The number of rotatable bonds is 4. The maximum absolute atomic E-state index is 14.4. The number of fused-ring (bicyclic) bond motifs is 1.